The highest BCUT2D eigenvalue weighted by molar-refractivity contribution is 6.21. The number of piperidine rings is 1. The average molecular weight is 269 g/mol. The van der Waals surface area contributed by atoms with Crippen LogP contribution in [0.25, 0.3) is 0 Å². The molecule has 0 aromatic heterocycles. The van der Waals surface area contributed by atoms with Crippen LogP contribution in [0.3, 0.4) is 0 Å². The van der Waals surface area contributed by atoms with Gasteiger partial charge in [0, 0.05) is 19.1 Å². The van der Waals surface area contributed by atoms with Gasteiger partial charge in [-0.2, -0.15) is 5.26 Å². The van der Waals surface area contributed by atoms with Crippen molar-refractivity contribution in [3.63, 3.8) is 0 Å². The average Bonchev–Trinajstić information content (AvgIpc) is 2.73. The molecule has 2 aliphatic rings. The SMILES string of the molecule is N#CCN1CCC(N2C(=O)c3ccccc3C2=O)CC1. The Morgan fingerprint density at radius 1 is 1.10 bits per heavy atom. The van der Waals surface area contributed by atoms with Gasteiger partial charge in [0.1, 0.15) is 0 Å². The van der Waals surface area contributed by atoms with Crippen LogP contribution in [0.15, 0.2) is 24.3 Å². The molecule has 0 atom stereocenters. The fourth-order valence-electron chi connectivity index (χ4n) is 2.98. The third-order valence-electron chi connectivity index (χ3n) is 4.04. The summed E-state index contributed by atoms with van der Waals surface area (Å²) in [6.07, 6.45) is 1.49. The monoisotopic (exact) mass is 269 g/mol. The number of likely N-dealkylation sites (tertiary alicyclic amines) is 1. The fraction of sp³-hybridized carbons (Fsp3) is 0.400. The molecular weight excluding hydrogens is 254 g/mol. The Bertz CT molecular complexity index is 562. The zero-order chi connectivity index (χ0) is 14.1. The van der Waals surface area contributed by atoms with E-state index in [9.17, 15) is 9.59 Å². The van der Waals surface area contributed by atoms with Gasteiger partial charge in [-0.15, -0.1) is 0 Å². The topological polar surface area (TPSA) is 64.4 Å². The van der Waals surface area contributed by atoms with Gasteiger partial charge in [0.05, 0.1) is 23.7 Å². The van der Waals surface area contributed by atoms with E-state index in [0.717, 1.165) is 25.9 Å². The molecule has 1 aromatic carbocycles. The number of carbonyl (C=O) groups excluding carboxylic acids is 2. The van der Waals surface area contributed by atoms with E-state index < -0.39 is 0 Å². The molecule has 1 saturated heterocycles. The van der Waals surface area contributed by atoms with Crippen molar-refractivity contribution in [2.45, 2.75) is 18.9 Å². The molecule has 0 radical (unpaired) electrons. The second-order valence-electron chi connectivity index (χ2n) is 5.19. The maximum Gasteiger partial charge on any atom is 0.261 e. The van der Waals surface area contributed by atoms with E-state index in [1.54, 1.807) is 24.3 Å². The number of benzene rings is 1. The molecule has 2 amide bonds. The highest BCUT2D eigenvalue weighted by Gasteiger charge is 2.40. The summed E-state index contributed by atoms with van der Waals surface area (Å²) >= 11 is 0. The zero-order valence-corrected chi connectivity index (χ0v) is 11.1. The van der Waals surface area contributed by atoms with E-state index in [4.69, 9.17) is 5.26 Å². The lowest BCUT2D eigenvalue weighted by molar-refractivity contribution is 0.0510. The number of carbonyl (C=O) groups is 2. The summed E-state index contributed by atoms with van der Waals surface area (Å²) in [5.41, 5.74) is 1.02. The standard InChI is InChI=1S/C15H15N3O2/c16-7-10-17-8-5-11(6-9-17)18-14(19)12-3-1-2-4-13(12)15(18)20/h1-4,11H,5-6,8-10H2. The molecule has 20 heavy (non-hydrogen) atoms. The summed E-state index contributed by atoms with van der Waals surface area (Å²) in [5.74, 6) is -0.353. The largest absolute Gasteiger partial charge is 0.290 e. The van der Waals surface area contributed by atoms with Crippen molar-refractivity contribution in [1.82, 2.24) is 9.80 Å². The van der Waals surface area contributed by atoms with Crippen molar-refractivity contribution in [2.75, 3.05) is 19.6 Å². The Hall–Kier alpha value is -2.19. The normalized spacial score (nSPS) is 20.1. The van der Waals surface area contributed by atoms with E-state index in [-0.39, 0.29) is 17.9 Å². The molecule has 0 spiro atoms. The lowest BCUT2D eigenvalue weighted by Crippen LogP contribution is -2.47. The summed E-state index contributed by atoms with van der Waals surface area (Å²) in [4.78, 5) is 28.2. The predicted molar refractivity (Wildman–Crippen MR) is 72.0 cm³/mol. The predicted octanol–water partition coefficient (Wildman–Crippen LogP) is 1.27. The van der Waals surface area contributed by atoms with Crippen molar-refractivity contribution in [1.29, 1.82) is 5.26 Å². The number of rotatable bonds is 2. The molecule has 0 bridgehead atoms. The van der Waals surface area contributed by atoms with E-state index in [2.05, 4.69) is 11.0 Å². The van der Waals surface area contributed by atoms with Gasteiger partial charge in [0.15, 0.2) is 0 Å². The van der Waals surface area contributed by atoms with Gasteiger partial charge in [-0.05, 0) is 25.0 Å². The van der Waals surface area contributed by atoms with E-state index in [1.807, 2.05) is 0 Å². The van der Waals surface area contributed by atoms with Gasteiger partial charge in [0.2, 0.25) is 0 Å². The minimum Gasteiger partial charge on any atom is -0.290 e. The molecular formula is C15H15N3O2. The quantitative estimate of drug-likeness (QED) is 0.599. The molecule has 5 nitrogen and oxygen atoms in total. The number of nitrogens with zero attached hydrogens (tertiary/aromatic N) is 3. The number of hydrogen-bond donors (Lipinski definition) is 0. The lowest BCUT2D eigenvalue weighted by Gasteiger charge is -2.34. The van der Waals surface area contributed by atoms with Crippen LogP contribution in [0, 0.1) is 11.3 Å². The van der Waals surface area contributed by atoms with E-state index >= 15 is 0 Å². The summed E-state index contributed by atoms with van der Waals surface area (Å²) < 4.78 is 0. The van der Waals surface area contributed by atoms with Gasteiger partial charge in [-0.3, -0.25) is 19.4 Å². The van der Waals surface area contributed by atoms with Crippen molar-refractivity contribution >= 4 is 11.8 Å². The first-order valence-electron chi connectivity index (χ1n) is 6.78. The smallest absolute Gasteiger partial charge is 0.261 e. The first-order valence-corrected chi connectivity index (χ1v) is 6.78. The van der Waals surface area contributed by atoms with Crippen LogP contribution in [-0.4, -0.2) is 47.3 Å². The second kappa shape index (κ2) is 5.06. The third-order valence-corrected chi connectivity index (χ3v) is 4.04. The maximum atomic E-state index is 12.4. The third kappa shape index (κ3) is 1.98. The summed E-state index contributed by atoms with van der Waals surface area (Å²) in [6.45, 7) is 1.92. The summed E-state index contributed by atoms with van der Waals surface area (Å²) in [7, 11) is 0. The van der Waals surface area contributed by atoms with Crippen LogP contribution < -0.4 is 0 Å². The summed E-state index contributed by atoms with van der Waals surface area (Å²) in [5, 5.41) is 8.69. The molecule has 0 N–H and O–H groups in total. The Balaban J connectivity index is 1.76. The van der Waals surface area contributed by atoms with Gasteiger partial charge >= 0.3 is 0 Å². The van der Waals surface area contributed by atoms with E-state index in [1.165, 1.54) is 4.90 Å². The number of hydrogen-bond acceptors (Lipinski definition) is 4. The van der Waals surface area contributed by atoms with E-state index in [0.29, 0.717) is 17.7 Å². The van der Waals surface area contributed by atoms with Crippen molar-refractivity contribution in [2.24, 2.45) is 0 Å². The fourth-order valence-corrected chi connectivity index (χ4v) is 2.98. The van der Waals surface area contributed by atoms with Crippen molar-refractivity contribution in [3.05, 3.63) is 35.4 Å². The van der Waals surface area contributed by atoms with Crippen LogP contribution in [-0.2, 0) is 0 Å². The molecule has 3 rings (SSSR count). The number of amides is 2. The Labute approximate surface area is 117 Å². The van der Waals surface area contributed by atoms with Crippen LogP contribution in [0.1, 0.15) is 33.6 Å². The molecule has 2 aliphatic heterocycles. The number of nitriles is 1. The van der Waals surface area contributed by atoms with Crippen molar-refractivity contribution in [3.8, 4) is 6.07 Å². The minimum absolute atomic E-state index is 0.0441. The molecule has 2 heterocycles. The first kappa shape index (κ1) is 12.8. The minimum atomic E-state index is -0.177. The van der Waals surface area contributed by atoms with Gasteiger partial charge < -0.3 is 0 Å². The Kier molecular flexibility index (Phi) is 3.25. The van der Waals surface area contributed by atoms with Crippen LogP contribution in [0.5, 0.6) is 0 Å². The molecule has 1 aromatic rings. The Morgan fingerprint density at radius 2 is 1.65 bits per heavy atom. The first-order chi connectivity index (χ1) is 9.72. The zero-order valence-electron chi connectivity index (χ0n) is 11.1. The van der Waals surface area contributed by atoms with Crippen LogP contribution >= 0.6 is 0 Å². The molecule has 0 aliphatic carbocycles. The van der Waals surface area contributed by atoms with Crippen LogP contribution in [0.4, 0.5) is 0 Å². The molecule has 1 fully saturated rings. The molecule has 5 heteroatoms. The van der Waals surface area contributed by atoms with Gasteiger partial charge in [0.25, 0.3) is 11.8 Å². The lowest BCUT2D eigenvalue weighted by atomic mass is 10.0. The maximum absolute atomic E-state index is 12.4. The van der Waals surface area contributed by atoms with Crippen LogP contribution in [0.2, 0.25) is 0 Å². The Morgan fingerprint density at radius 3 is 2.15 bits per heavy atom. The second-order valence-corrected chi connectivity index (χ2v) is 5.19. The highest BCUT2D eigenvalue weighted by atomic mass is 16.2. The number of fused-ring (bicyclic) bond motifs is 1. The summed E-state index contributed by atoms with van der Waals surface area (Å²) in [6, 6.07) is 9.07. The van der Waals surface area contributed by atoms with Gasteiger partial charge in [-0.1, -0.05) is 12.1 Å². The van der Waals surface area contributed by atoms with Crippen molar-refractivity contribution < 1.29 is 9.59 Å². The van der Waals surface area contributed by atoms with Gasteiger partial charge in [-0.25, -0.2) is 0 Å². The molecule has 102 valence electrons. The number of imide groups is 1. The highest BCUT2D eigenvalue weighted by Crippen LogP contribution is 2.28. The molecule has 0 unspecified atom stereocenters. The molecule has 0 saturated carbocycles.